The molecule has 0 saturated carbocycles. The summed E-state index contributed by atoms with van der Waals surface area (Å²) >= 11 is 0. The first kappa shape index (κ1) is 20.6. The van der Waals surface area contributed by atoms with Gasteiger partial charge in [-0.05, 0) is 41.7 Å². The molecule has 1 aliphatic heterocycles. The van der Waals surface area contributed by atoms with Gasteiger partial charge in [0.2, 0.25) is 17.7 Å². The molecule has 1 saturated heterocycles. The van der Waals surface area contributed by atoms with Gasteiger partial charge in [0, 0.05) is 24.3 Å². The molecule has 0 aromatic heterocycles. The molecule has 1 aliphatic rings. The van der Waals surface area contributed by atoms with Gasteiger partial charge in [-0.25, -0.2) is 0 Å². The van der Waals surface area contributed by atoms with E-state index in [1.165, 1.54) is 0 Å². The Balaban J connectivity index is 1.69. The van der Waals surface area contributed by atoms with Gasteiger partial charge in [-0.1, -0.05) is 44.2 Å². The third-order valence-corrected chi connectivity index (χ3v) is 5.47. The highest BCUT2D eigenvalue weighted by atomic mass is 16.2. The summed E-state index contributed by atoms with van der Waals surface area (Å²) in [6.07, 6.45) is 1.34. The van der Waals surface area contributed by atoms with Gasteiger partial charge in [-0.15, -0.1) is 0 Å². The van der Waals surface area contributed by atoms with Crippen LogP contribution in [0.4, 0.5) is 11.4 Å². The molecule has 0 spiro atoms. The van der Waals surface area contributed by atoms with Gasteiger partial charge < -0.3 is 16.0 Å². The third-order valence-electron chi connectivity index (χ3n) is 5.47. The van der Waals surface area contributed by atoms with E-state index in [1.807, 2.05) is 18.2 Å². The van der Waals surface area contributed by atoms with Crippen LogP contribution < -0.4 is 16.0 Å². The first-order valence-electron chi connectivity index (χ1n) is 9.96. The number of primary amides is 1. The van der Waals surface area contributed by atoms with Crippen LogP contribution in [0.5, 0.6) is 0 Å². The summed E-state index contributed by atoms with van der Waals surface area (Å²) in [4.78, 5) is 38.1. The van der Waals surface area contributed by atoms with E-state index in [9.17, 15) is 14.4 Å². The number of benzene rings is 2. The van der Waals surface area contributed by atoms with Crippen molar-refractivity contribution in [2.75, 3.05) is 16.8 Å². The summed E-state index contributed by atoms with van der Waals surface area (Å²) in [5.74, 6) is -0.671. The Labute approximate surface area is 171 Å². The normalized spacial score (nSPS) is 17.2. The van der Waals surface area contributed by atoms with Crippen molar-refractivity contribution in [3.05, 3.63) is 59.7 Å². The molecule has 152 valence electrons. The van der Waals surface area contributed by atoms with Crippen LogP contribution in [0.25, 0.3) is 0 Å². The molecule has 2 aromatic carbocycles. The first-order valence-corrected chi connectivity index (χ1v) is 9.96. The number of carbonyl (C=O) groups is 3. The van der Waals surface area contributed by atoms with E-state index in [0.717, 1.165) is 23.2 Å². The molecule has 1 fully saturated rings. The Hall–Kier alpha value is -3.15. The largest absolute Gasteiger partial charge is 0.369 e. The number of para-hydroxylation sites is 1. The number of anilines is 2. The minimum Gasteiger partial charge on any atom is -0.369 e. The van der Waals surface area contributed by atoms with Crippen LogP contribution in [0.15, 0.2) is 48.5 Å². The summed E-state index contributed by atoms with van der Waals surface area (Å²) in [6.45, 7) is 4.64. The number of hydrogen-bond acceptors (Lipinski definition) is 3. The predicted molar refractivity (Wildman–Crippen MR) is 114 cm³/mol. The van der Waals surface area contributed by atoms with Gasteiger partial charge in [-0.3, -0.25) is 14.4 Å². The highest BCUT2D eigenvalue weighted by Crippen LogP contribution is 2.33. The molecule has 0 bridgehead atoms. The molecule has 0 aliphatic carbocycles. The fourth-order valence-corrected chi connectivity index (χ4v) is 3.64. The van der Waals surface area contributed by atoms with Crippen molar-refractivity contribution in [3.8, 4) is 0 Å². The van der Waals surface area contributed by atoms with Gasteiger partial charge in [0.25, 0.3) is 0 Å². The van der Waals surface area contributed by atoms with E-state index in [2.05, 4.69) is 25.2 Å². The molecule has 2 unspecified atom stereocenters. The maximum atomic E-state index is 12.7. The molecule has 3 amide bonds. The van der Waals surface area contributed by atoms with Crippen molar-refractivity contribution in [3.63, 3.8) is 0 Å². The lowest BCUT2D eigenvalue weighted by Gasteiger charge is -2.23. The van der Waals surface area contributed by atoms with Crippen LogP contribution in [0.2, 0.25) is 0 Å². The number of amides is 3. The van der Waals surface area contributed by atoms with Crippen LogP contribution in [0.3, 0.4) is 0 Å². The predicted octanol–water partition coefficient (Wildman–Crippen LogP) is 3.22. The van der Waals surface area contributed by atoms with E-state index in [0.29, 0.717) is 18.2 Å². The molecule has 6 heteroatoms. The van der Waals surface area contributed by atoms with E-state index < -0.39 is 11.8 Å². The number of rotatable bonds is 7. The van der Waals surface area contributed by atoms with Crippen molar-refractivity contribution in [1.29, 1.82) is 0 Å². The zero-order valence-corrected chi connectivity index (χ0v) is 16.9. The maximum Gasteiger partial charge on any atom is 0.229 e. The van der Waals surface area contributed by atoms with E-state index >= 15 is 0 Å². The average Bonchev–Trinajstić information content (AvgIpc) is 3.10. The van der Waals surface area contributed by atoms with Crippen molar-refractivity contribution in [2.24, 2.45) is 11.7 Å². The van der Waals surface area contributed by atoms with Gasteiger partial charge in [-0.2, -0.15) is 0 Å². The molecule has 29 heavy (non-hydrogen) atoms. The lowest BCUT2D eigenvalue weighted by molar-refractivity contribution is -0.122. The Morgan fingerprint density at radius 1 is 1.17 bits per heavy atom. The summed E-state index contributed by atoms with van der Waals surface area (Å²) in [5, 5.41) is 2.87. The number of nitrogens with zero attached hydrogens (tertiary/aromatic N) is 1. The summed E-state index contributed by atoms with van der Waals surface area (Å²) in [7, 11) is 0. The highest BCUT2D eigenvalue weighted by molar-refractivity contribution is 6.03. The summed E-state index contributed by atoms with van der Waals surface area (Å²) in [5.41, 5.74) is 8.65. The molecular formula is C23H27N3O3. The highest BCUT2D eigenvalue weighted by Gasteiger charge is 2.36. The molecule has 2 aromatic rings. The minimum absolute atomic E-state index is 0.0299. The van der Waals surface area contributed by atoms with Crippen molar-refractivity contribution in [1.82, 2.24) is 0 Å². The summed E-state index contributed by atoms with van der Waals surface area (Å²) < 4.78 is 0. The quantitative estimate of drug-likeness (QED) is 0.756. The van der Waals surface area contributed by atoms with Crippen LogP contribution in [0.1, 0.15) is 43.7 Å². The smallest absolute Gasteiger partial charge is 0.229 e. The molecule has 3 N–H and O–H groups in total. The standard InChI is InChI=1S/C23H27N3O3/c1-3-15(2)19-6-4-5-7-20(19)26-14-17(13-22(26)28)23(29)25-18-10-8-16(9-11-18)12-21(24)27/h4-11,15,17H,3,12-14H2,1-2H3,(H2,24,27)(H,25,29). The van der Waals surface area contributed by atoms with Crippen LogP contribution >= 0.6 is 0 Å². The Bertz CT molecular complexity index is 908. The number of carbonyl (C=O) groups excluding carboxylic acids is 3. The lowest BCUT2D eigenvalue weighted by Crippen LogP contribution is -2.29. The molecule has 1 heterocycles. The lowest BCUT2D eigenvalue weighted by atomic mass is 9.96. The van der Waals surface area contributed by atoms with Gasteiger partial charge in [0.05, 0.1) is 12.3 Å². The zero-order valence-electron chi connectivity index (χ0n) is 16.9. The van der Waals surface area contributed by atoms with E-state index in [-0.39, 0.29) is 24.7 Å². The van der Waals surface area contributed by atoms with Crippen molar-refractivity contribution < 1.29 is 14.4 Å². The Kier molecular flexibility index (Phi) is 6.32. The van der Waals surface area contributed by atoms with E-state index in [4.69, 9.17) is 5.73 Å². The monoisotopic (exact) mass is 393 g/mol. The first-order chi connectivity index (χ1) is 13.9. The number of nitrogens with two attached hydrogens (primary N) is 1. The van der Waals surface area contributed by atoms with E-state index in [1.54, 1.807) is 29.2 Å². The molecule has 2 atom stereocenters. The fourth-order valence-electron chi connectivity index (χ4n) is 3.64. The molecule has 6 nitrogen and oxygen atoms in total. The number of hydrogen-bond donors (Lipinski definition) is 2. The topological polar surface area (TPSA) is 92.5 Å². The van der Waals surface area contributed by atoms with Gasteiger partial charge in [0.15, 0.2) is 0 Å². The second-order valence-corrected chi connectivity index (χ2v) is 7.60. The van der Waals surface area contributed by atoms with Crippen LogP contribution in [-0.2, 0) is 20.8 Å². The minimum atomic E-state index is -0.405. The second kappa shape index (κ2) is 8.90. The summed E-state index contributed by atoms with van der Waals surface area (Å²) in [6, 6.07) is 14.9. The van der Waals surface area contributed by atoms with Crippen molar-refractivity contribution >= 4 is 29.1 Å². The third kappa shape index (κ3) is 4.83. The molecule has 0 radical (unpaired) electrons. The van der Waals surface area contributed by atoms with Gasteiger partial charge in [0.1, 0.15) is 0 Å². The Morgan fingerprint density at radius 3 is 2.52 bits per heavy atom. The maximum absolute atomic E-state index is 12.7. The second-order valence-electron chi connectivity index (χ2n) is 7.60. The van der Waals surface area contributed by atoms with Crippen LogP contribution in [-0.4, -0.2) is 24.3 Å². The van der Waals surface area contributed by atoms with Crippen LogP contribution in [0, 0.1) is 5.92 Å². The Morgan fingerprint density at radius 2 is 1.86 bits per heavy atom. The molecule has 3 rings (SSSR count). The SMILES string of the molecule is CCC(C)c1ccccc1N1CC(C(=O)Nc2ccc(CC(N)=O)cc2)CC1=O. The van der Waals surface area contributed by atoms with Crippen molar-refractivity contribution in [2.45, 2.75) is 39.0 Å². The number of nitrogens with one attached hydrogen (secondary N) is 1. The van der Waals surface area contributed by atoms with Gasteiger partial charge >= 0.3 is 0 Å². The molecular weight excluding hydrogens is 366 g/mol. The average molecular weight is 393 g/mol. The zero-order chi connectivity index (χ0) is 21.0. The fraction of sp³-hybridized carbons (Fsp3) is 0.348.